The van der Waals surface area contributed by atoms with Crippen LogP contribution < -0.4 is 10.1 Å². The monoisotopic (exact) mass is 353 g/mol. The summed E-state index contributed by atoms with van der Waals surface area (Å²) >= 11 is 0. The minimum Gasteiger partial charge on any atom is -0.506 e. The van der Waals surface area contributed by atoms with Crippen LogP contribution in [0.2, 0.25) is 0 Å². The second-order valence-electron chi connectivity index (χ2n) is 5.58. The summed E-state index contributed by atoms with van der Waals surface area (Å²) in [5, 5.41) is 24.3. The normalized spacial score (nSPS) is 10.5. The number of tetrazole rings is 1. The van der Waals surface area contributed by atoms with Crippen molar-refractivity contribution in [3.63, 3.8) is 0 Å². The molecule has 0 saturated carbocycles. The SMILES string of the molecule is CCCOc1ccc(-c2nnn(CC(=O)Nc3ccccc3O)n2)cc1. The Morgan fingerprint density at radius 1 is 1.19 bits per heavy atom. The smallest absolute Gasteiger partial charge is 0.248 e. The van der Waals surface area contributed by atoms with Crippen molar-refractivity contribution in [2.75, 3.05) is 11.9 Å². The highest BCUT2D eigenvalue weighted by Gasteiger charge is 2.11. The summed E-state index contributed by atoms with van der Waals surface area (Å²) in [5.41, 5.74) is 1.11. The van der Waals surface area contributed by atoms with Crippen LogP contribution in [0.15, 0.2) is 48.5 Å². The Bertz CT molecular complexity index is 877. The van der Waals surface area contributed by atoms with Crippen molar-refractivity contribution in [1.82, 2.24) is 20.2 Å². The maximum Gasteiger partial charge on any atom is 0.248 e. The first-order chi connectivity index (χ1) is 12.7. The minimum atomic E-state index is -0.362. The van der Waals surface area contributed by atoms with E-state index in [1.54, 1.807) is 18.2 Å². The van der Waals surface area contributed by atoms with Crippen LogP contribution in [-0.4, -0.2) is 37.8 Å². The predicted octanol–water partition coefficient (Wildman–Crippen LogP) is 2.47. The summed E-state index contributed by atoms with van der Waals surface area (Å²) in [4.78, 5) is 13.3. The number of anilines is 1. The first-order valence-corrected chi connectivity index (χ1v) is 8.24. The van der Waals surface area contributed by atoms with Crippen LogP contribution in [0.25, 0.3) is 11.4 Å². The molecule has 3 aromatic rings. The number of amides is 1. The van der Waals surface area contributed by atoms with E-state index < -0.39 is 0 Å². The maximum absolute atomic E-state index is 12.1. The van der Waals surface area contributed by atoms with Crippen LogP contribution in [0.5, 0.6) is 11.5 Å². The van der Waals surface area contributed by atoms with Gasteiger partial charge in [0.25, 0.3) is 0 Å². The van der Waals surface area contributed by atoms with Crippen molar-refractivity contribution in [2.24, 2.45) is 0 Å². The summed E-state index contributed by atoms with van der Waals surface area (Å²) in [6.45, 7) is 2.60. The lowest BCUT2D eigenvalue weighted by Crippen LogP contribution is -2.20. The molecule has 3 rings (SSSR count). The zero-order valence-corrected chi connectivity index (χ0v) is 14.3. The molecular weight excluding hydrogens is 334 g/mol. The second kappa shape index (κ2) is 8.11. The van der Waals surface area contributed by atoms with Crippen molar-refractivity contribution in [3.05, 3.63) is 48.5 Å². The molecule has 0 radical (unpaired) electrons. The van der Waals surface area contributed by atoms with Crippen LogP contribution in [0.1, 0.15) is 13.3 Å². The van der Waals surface area contributed by atoms with Gasteiger partial charge in [-0.1, -0.05) is 19.1 Å². The number of benzene rings is 2. The van der Waals surface area contributed by atoms with E-state index in [9.17, 15) is 9.90 Å². The van der Waals surface area contributed by atoms with E-state index in [0.717, 1.165) is 17.7 Å². The molecule has 2 N–H and O–H groups in total. The highest BCUT2D eigenvalue weighted by atomic mass is 16.5. The van der Waals surface area contributed by atoms with Crippen molar-refractivity contribution in [3.8, 4) is 22.9 Å². The lowest BCUT2D eigenvalue weighted by molar-refractivity contribution is -0.117. The third-order valence-corrected chi connectivity index (χ3v) is 3.50. The molecule has 0 aliphatic rings. The number of aromatic hydroxyl groups is 1. The number of phenols is 1. The van der Waals surface area contributed by atoms with Gasteiger partial charge >= 0.3 is 0 Å². The molecule has 1 amide bonds. The van der Waals surface area contributed by atoms with Crippen molar-refractivity contribution in [2.45, 2.75) is 19.9 Å². The number of phenolic OH excluding ortho intramolecular Hbond substituents is 1. The number of nitrogens with one attached hydrogen (secondary N) is 1. The average molecular weight is 353 g/mol. The van der Waals surface area contributed by atoms with Gasteiger partial charge in [-0.3, -0.25) is 4.79 Å². The van der Waals surface area contributed by atoms with Gasteiger partial charge in [0.1, 0.15) is 18.0 Å². The summed E-state index contributed by atoms with van der Waals surface area (Å²) in [5.74, 6) is 0.838. The topological polar surface area (TPSA) is 102 Å². The van der Waals surface area contributed by atoms with Crippen LogP contribution in [0.3, 0.4) is 0 Å². The summed E-state index contributed by atoms with van der Waals surface area (Å²) < 4.78 is 5.54. The van der Waals surface area contributed by atoms with E-state index in [2.05, 4.69) is 20.7 Å². The minimum absolute atomic E-state index is 0.00142. The van der Waals surface area contributed by atoms with E-state index in [0.29, 0.717) is 18.1 Å². The molecular formula is C18H19N5O3. The molecule has 0 aliphatic heterocycles. The first-order valence-electron chi connectivity index (χ1n) is 8.24. The zero-order valence-electron chi connectivity index (χ0n) is 14.3. The summed E-state index contributed by atoms with van der Waals surface area (Å²) in [7, 11) is 0. The van der Waals surface area contributed by atoms with E-state index in [1.165, 1.54) is 10.9 Å². The number of hydrogen-bond donors (Lipinski definition) is 2. The molecule has 0 saturated heterocycles. The molecule has 8 heteroatoms. The molecule has 134 valence electrons. The van der Waals surface area contributed by atoms with Gasteiger partial charge < -0.3 is 15.2 Å². The van der Waals surface area contributed by atoms with E-state index in [1.807, 2.05) is 31.2 Å². The Morgan fingerprint density at radius 3 is 2.69 bits per heavy atom. The third-order valence-electron chi connectivity index (χ3n) is 3.50. The van der Waals surface area contributed by atoms with Crippen molar-refractivity contribution < 1.29 is 14.6 Å². The fourth-order valence-corrected chi connectivity index (χ4v) is 2.24. The van der Waals surface area contributed by atoms with Gasteiger partial charge in [0.2, 0.25) is 11.7 Å². The van der Waals surface area contributed by atoms with E-state index >= 15 is 0 Å². The van der Waals surface area contributed by atoms with Crippen molar-refractivity contribution >= 4 is 11.6 Å². The molecule has 0 spiro atoms. The Labute approximate surface area is 150 Å². The van der Waals surface area contributed by atoms with Gasteiger partial charge in [0.05, 0.1) is 12.3 Å². The molecule has 26 heavy (non-hydrogen) atoms. The fraction of sp³-hybridized carbons (Fsp3) is 0.222. The van der Waals surface area contributed by atoms with Gasteiger partial charge in [-0.05, 0) is 48.0 Å². The Hall–Kier alpha value is -3.42. The Balaban J connectivity index is 1.62. The largest absolute Gasteiger partial charge is 0.506 e. The number of ether oxygens (including phenoxy) is 1. The highest BCUT2D eigenvalue weighted by molar-refractivity contribution is 5.91. The van der Waals surface area contributed by atoms with Crippen LogP contribution >= 0.6 is 0 Å². The third kappa shape index (κ3) is 4.35. The van der Waals surface area contributed by atoms with Crippen molar-refractivity contribution in [1.29, 1.82) is 0 Å². The standard InChI is InChI=1S/C18H19N5O3/c1-2-11-26-14-9-7-13(8-10-14)18-20-22-23(21-18)12-17(25)19-15-5-3-4-6-16(15)24/h3-10,24H,2,11-12H2,1H3,(H,19,25). The number of carbonyl (C=O) groups excluding carboxylic acids is 1. The predicted molar refractivity (Wildman–Crippen MR) is 95.8 cm³/mol. The number of aromatic nitrogens is 4. The lowest BCUT2D eigenvalue weighted by Gasteiger charge is -2.06. The molecule has 1 heterocycles. The van der Waals surface area contributed by atoms with Crippen LogP contribution in [0, 0.1) is 0 Å². The quantitative estimate of drug-likeness (QED) is 0.633. The van der Waals surface area contributed by atoms with Gasteiger partial charge in [-0.2, -0.15) is 4.80 Å². The number of carbonyl (C=O) groups is 1. The zero-order chi connectivity index (χ0) is 18.4. The number of para-hydroxylation sites is 2. The van der Waals surface area contributed by atoms with Gasteiger partial charge in [0, 0.05) is 5.56 Å². The van der Waals surface area contributed by atoms with E-state index in [-0.39, 0.29) is 18.2 Å². The fourth-order valence-electron chi connectivity index (χ4n) is 2.24. The molecule has 0 atom stereocenters. The first kappa shape index (κ1) is 17.4. The average Bonchev–Trinajstić information content (AvgIpc) is 3.10. The van der Waals surface area contributed by atoms with Crippen LogP contribution in [0.4, 0.5) is 5.69 Å². The molecule has 0 unspecified atom stereocenters. The summed E-state index contributed by atoms with van der Waals surface area (Å²) in [6, 6.07) is 13.9. The molecule has 0 aliphatic carbocycles. The second-order valence-corrected chi connectivity index (χ2v) is 5.58. The van der Waals surface area contributed by atoms with Crippen LogP contribution in [-0.2, 0) is 11.3 Å². The maximum atomic E-state index is 12.1. The molecule has 1 aromatic heterocycles. The Kier molecular flexibility index (Phi) is 5.43. The molecule has 8 nitrogen and oxygen atoms in total. The molecule has 2 aromatic carbocycles. The highest BCUT2D eigenvalue weighted by Crippen LogP contribution is 2.21. The van der Waals surface area contributed by atoms with E-state index in [4.69, 9.17) is 4.74 Å². The number of nitrogens with zero attached hydrogens (tertiary/aromatic N) is 4. The Morgan fingerprint density at radius 2 is 1.96 bits per heavy atom. The van der Waals surface area contributed by atoms with Gasteiger partial charge in [-0.15, -0.1) is 10.2 Å². The molecule has 0 fully saturated rings. The van der Waals surface area contributed by atoms with Gasteiger partial charge in [0.15, 0.2) is 0 Å². The van der Waals surface area contributed by atoms with Gasteiger partial charge in [-0.25, -0.2) is 0 Å². The summed E-state index contributed by atoms with van der Waals surface area (Å²) in [6.07, 6.45) is 0.945. The lowest BCUT2D eigenvalue weighted by atomic mass is 10.2. The number of hydrogen-bond acceptors (Lipinski definition) is 6. The number of rotatable bonds is 7. The molecule has 0 bridgehead atoms.